The van der Waals surface area contributed by atoms with Gasteiger partial charge >= 0.3 is 29.8 Å². The number of rotatable bonds is 30. The Bertz CT molecular complexity index is 2560. The lowest BCUT2D eigenvalue weighted by molar-refractivity contribution is -0.153. The van der Waals surface area contributed by atoms with E-state index in [0.29, 0.717) is 80.7 Å². The van der Waals surface area contributed by atoms with E-state index in [1.807, 2.05) is 60.7 Å². The van der Waals surface area contributed by atoms with Crippen molar-refractivity contribution in [3.05, 3.63) is 127 Å². The van der Waals surface area contributed by atoms with Gasteiger partial charge in [0.05, 0.1) is 86.7 Å². The number of hydrogen-bond donors (Lipinski definition) is 1. The number of para-hydroxylation sites is 1. The topological polar surface area (TPSA) is 215 Å². The minimum Gasteiger partial charge on any atom is -0.491 e. The molecule has 72 heavy (non-hydrogen) atoms. The third-order valence-electron chi connectivity index (χ3n) is 10.8. The number of benzene rings is 4. The maximum absolute atomic E-state index is 13.5. The van der Waals surface area contributed by atoms with Crippen molar-refractivity contribution in [1.82, 2.24) is 4.98 Å². The quantitative estimate of drug-likeness (QED) is 0.00884. The third-order valence-corrected chi connectivity index (χ3v) is 11.7. The molecule has 0 aliphatic heterocycles. The van der Waals surface area contributed by atoms with Crippen LogP contribution in [-0.4, -0.2) is 120 Å². The Kier molecular flexibility index (Phi) is 22.4. The standard InChI is InChI=1S/C53H57N3O15S/c1-3-48(57)67-32-28-63-24-23-62-27-31-66-43-19-17-38(18-20-43)37-9-11-40(12-10-37)51(60)70-44-21-22-46(42(35-44)36-54-56-53-55-45-7-5-6-8-47(45)72-53)71-52(61)41-15-13-39(14-16-41)50(59)69-34-30-65-26-25-64-29-33-68-49(58)4-2/h3-12,17-22,35-36,39,41H,1-2,13-16,23-34H2,(H,55,56)/b54-36+. The monoisotopic (exact) mass is 1010 g/mol. The number of thiazole rings is 1. The van der Waals surface area contributed by atoms with E-state index in [1.165, 1.54) is 17.6 Å². The molecule has 0 amide bonds. The summed E-state index contributed by atoms with van der Waals surface area (Å²) < 4.78 is 55.2. The molecule has 1 N–H and O–H groups in total. The SMILES string of the molecule is C=CC(=O)OCCOCCOCCOC(=O)C1CCC(C(=O)Oc2ccc(OC(=O)c3ccc(-c4ccc(OCCOCCOCCOC(=O)C=C)cc4)cc3)cc2/C=N/Nc2nc3ccccc3s2)CC1. The minimum absolute atomic E-state index is 0.0831. The molecule has 5 aromatic rings. The molecule has 6 rings (SSSR count). The zero-order chi connectivity index (χ0) is 50.8. The van der Waals surface area contributed by atoms with Gasteiger partial charge in [-0.25, -0.2) is 19.4 Å². The number of hydrazone groups is 1. The molecule has 18 nitrogen and oxygen atoms in total. The van der Waals surface area contributed by atoms with Crippen LogP contribution >= 0.6 is 11.3 Å². The van der Waals surface area contributed by atoms with Gasteiger partial charge in [-0.3, -0.25) is 15.0 Å². The Labute approximate surface area is 420 Å². The molecule has 0 unspecified atom stereocenters. The first kappa shape index (κ1) is 54.1. The molecule has 4 aromatic carbocycles. The predicted octanol–water partition coefficient (Wildman–Crippen LogP) is 7.79. The van der Waals surface area contributed by atoms with Crippen molar-refractivity contribution in [3.8, 4) is 28.4 Å². The van der Waals surface area contributed by atoms with Crippen LogP contribution in [0.3, 0.4) is 0 Å². The fraction of sp³-hybridized carbons (Fsp3) is 0.340. The molecule has 1 fully saturated rings. The fourth-order valence-electron chi connectivity index (χ4n) is 7.03. The zero-order valence-electron chi connectivity index (χ0n) is 39.7. The molecule has 1 aromatic heterocycles. The predicted molar refractivity (Wildman–Crippen MR) is 267 cm³/mol. The summed E-state index contributed by atoms with van der Waals surface area (Å²) in [4.78, 5) is 66.3. The maximum Gasteiger partial charge on any atom is 0.343 e. The number of carbonyl (C=O) groups excluding carboxylic acids is 5. The molecule has 1 aliphatic rings. The smallest absolute Gasteiger partial charge is 0.343 e. The molecule has 0 atom stereocenters. The van der Waals surface area contributed by atoms with Crippen LogP contribution in [0.25, 0.3) is 21.3 Å². The highest BCUT2D eigenvalue weighted by Gasteiger charge is 2.32. The number of carbonyl (C=O) groups is 5. The summed E-state index contributed by atoms with van der Waals surface area (Å²) in [5.74, 6) is -2.12. The number of aromatic nitrogens is 1. The highest BCUT2D eigenvalue weighted by molar-refractivity contribution is 7.22. The Balaban J connectivity index is 0.965. The van der Waals surface area contributed by atoms with Gasteiger partial charge in [0, 0.05) is 17.7 Å². The second kappa shape index (κ2) is 29.8. The van der Waals surface area contributed by atoms with Crippen LogP contribution < -0.4 is 19.6 Å². The maximum atomic E-state index is 13.5. The van der Waals surface area contributed by atoms with Gasteiger partial charge in [0.2, 0.25) is 5.13 Å². The molecule has 1 saturated carbocycles. The van der Waals surface area contributed by atoms with Crippen LogP contribution in [0.4, 0.5) is 5.13 Å². The molecular weight excluding hydrogens is 951 g/mol. The molecule has 1 aliphatic carbocycles. The van der Waals surface area contributed by atoms with Crippen molar-refractivity contribution in [1.29, 1.82) is 0 Å². The van der Waals surface area contributed by atoms with E-state index in [2.05, 4.69) is 28.7 Å². The van der Waals surface area contributed by atoms with Crippen molar-refractivity contribution in [2.24, 2.45) is 16.9 Å². The van der Waals surface area contributed by atoms with Gasteiger partial charge in [0.25, 0.3) is 0 Å². The molecule has 1 heterocycles. The van der Waals surface area contributed by atoms with E-state index >= 15 is 0 Å². The van der Waals surface area contributed by atoms with Crippen molar-refractivity contribution in [2.75, 3.05) is 84.7 Å². The van der Waals surface area contributed by atoms with E-state index in [9.17, 15) is 24.0 Å². The summed E-state index contributed by atoms with van der Waals surface area (Å²) in [6, 6.07) is 26.9. The number of anilines is 1. The Morgan fingerprint density at radius 2 is 1.12 bits per heavy atom. The van der Waals surface area contributed by atoms with Crippen LogP contribution in [-0.2, 0) is 52.3 Å². The first-order valence-corrected chi connectivity index (χ1v) is 24.1. The van der Waals surface area contributed by atoms with Crippen LogP contribution in [0, 0.1) is 11.8 Å². The van der Waals surface area contributed by atoms with Crippen LogP contribution in [0.2, 0.25) is 0 Å². The van der Waals surface area contributed by atoms with Gasteiger partial charge in [0.1, 0.15) is 43.7 Å². The Morgan fingerprint density at radius 1 is 0.597 bits per heavy atom. The van der Waals surface area contributed by atoms with Crippen molar-refractivity contribution >= 4 is 62.7 Å². The molecule has 0 spiro atoms. The van der Waals surface area contributed by atoms with Gasteiger partial charge in [-0.05, 0) is 91.4 Å². The molecule has 0 saturated heterocycles. The van der Waals surface area contributed by atoms with E-state index in [0.717, 1.165) is 33.5 Å². The van der Waals surface area contributed by atoms with Crippen LogP contribution in [0.5, 0.6) is 17.2 Å². The van der Waals surface area contributed by atoms with Crippen LogP contribution in [0.1, 0.15) is 41.6 Å². The molecular formula is C53H57N3O15S. The van der Waals surface area contributed by atoms with Gasteiger partial charge in [-0.1, -0.05) is 60.9 Å². The van der Waals surface area contributed by atoms with Crippen LogP contribution in [0.15, 0.2) is 121 Å². The number of ether oxygens (including phenoxy) is 10. The molecule has 0 radical (unpaired) electrons. The molecule has 0 bridgehead atoms. The number of hydrogen-bond acceptors (Lipinski definition) is 19. The summed E-state index contributed by atoms with van der Waals surface area (Å²) in [5.41, 5.74) is 6.24. The average molecular weight is 1010 g/mol. The van der Waals surface area contributed by atoms with E-state index < -0.39 is 29.8 Å². The zero-order valence-corrected chi connectivity index (χ0v) is 40.5. The summed E-state index contributed by atoms with van der Waals surface area (Å²) in [7, 11) is 0. The van der Waals surface area contributed by atoms with Gasteiger partial charge in [-0.15, -0.1) is 0 Å². The van der Waals surface area contributed by atoms with Gasteiger partial charge in [0.15, 0.2) is 0 Å². The first-order valence-electron chi connectivity index (χ1n) is 23.3. The van der Waals surface area contributed by atoms with Crippen molar-refractivity contribution in [2.45, 2.75) is 25.7 Å². The van der Waals surface area contributed by atoms with E-state index in [4.69, 9.17) is 47.4 Å². The largest absolute Gasteiger partial charge is 0.491 e. The summed E-state index contributed by atoms with van der Waals surface area (Å²) in [5, 5.41) is 4.93. The average Bonchev–Trinajstić information content (AvgIpc) is 3.83. The van der Waals surface area contributed by atoms with Gasteiger partial charge < -0.3 is 47.4 Å². The third kappa shape index (κ3) is 18.1. The highest BCUT2D eigenvalue weighted by atomic mass is 32.1. The lowest BCUT2D eigenvalue weighted by atomic mass is 9.82. The summed E-state index contributed by atoms with van der Waals surface area (Å²) >= 11 is 1.42. The van der Waals surface area contributed by atoms with Crippen molar-refractivity contribution < 1.29 is 71.3 Å². The summed E-state index contributed by atoms with van der Waals surface area (Å²) in [6.07, 6.45) is 5.42. The lowest BCUT2D eigenvalue weighted by Gasteiger charge is -2.26. The Hall–Kier alpha value is -7.29. The van der Waals surface area contributed by atoms with Gasteiger partial charge in [-0.2, -0.15) is 5.10 Å². The van der Waals surface area contributed by atoms with E-state index in [-0.39, 0.29) is 69.6 Å². The number of nitrogens with one attached hydrogen (secondary N) is 1. The second-order valence-corrected chi connectivity index (χ2v) is 16.8. The highest BCUT2D eigenvalue weighted by Crippen LogP contribution is 2.33. The molecule has 19 heteroatoms. The second-order valence-electron chi connectivity index (χ2n) is 15.7. The number of esters is 5. The minimum atomic E-state index is -0.594. The van der Waals surface area contributed by atoms with E-state index in [1.54, 1.807) is 30.3 Å². The number of fused-ring (bicyclic) bond motifs is 1. The van der Waals surface area contributed by atoms with Crippen molar-refractivity contribution in [3.63, 3.8) is 0 Å². The number of nitrogens with zero attached hydrogens (tertiary/aromatic N) is 2. The normalized spacial score (nSPS) is 14.3. The fourth-order valence-corrected chi connectivity index (χ4v) is 7.84. The first-order chi connectivity index (χ1) is 35.2. The Morgan fingerprint density at radius 3 is 1.72 bits per heavy atom. The summed E-state index contributed by atoms with van der Waals surface area (Å²) in [6.45, 7) is 9.73. The molecule has 380 valence electrons. The lowest BCUT2D eigenvalue weighted by Crippen LogP contribution is -2.30.